The molecule has 1 aliphatic rings. The molecule has 2 rings (SSSR count). The number of rotatable bonds is 3. The Hall–Kier alpha value is -0.570. The maximum Gasteiger partial charge on any atom is 0.147 e. The number of alkyl halides is 1. The second-order valence-electron chi connectivity index (χ2n) is 4.42. The van der Waals surface area contributed by atoms with Gasteiger partial charge in [0.25, 0.3) is 0 Å². The standard InChI is InChI=1S/C9H14ClN3/c1-9(2)3-7(9)5-13-6-11-12-8(13)4-10/h6-7H,3-5H2,1-2H3. The van der Waals surface area contributed by atoms with Gasteiger partial charge in [0.05, 0.1) is 5.88 Å². The molecule has 1 fully saturated rings. The second-order valence-corrected chi connectivity index (χ2v) is 4.69. The van der Waals surface area contributed by atoms with E-state index in [4.69, 9.17) is 11.6 Å². The highest BCUT2D eigenvalue weighted by Crippen LogP contribution is 2.52. The van der Waals surface area contributed by atoms with Crippen molar-refractivity contribution in [3.8, 4) is 0 Å². The van der Waals surface area contributed by atoms with E-state index in [0.29, 0.717) is 11.3 Å². The molecule has 1 atom stereocenters. The predicted octanol–water partition coefficient (Wildman–Crippen LogP) is 2.06. The number of nitrogens with zero attached hydrogens (tertiary/aromatic N) is 3. The fourth-order valence-electron chi connectivity index (χ4n) is 1.66. The van der Waals surface area contributed by atoms with Crippen LogP contribution in [0.2, 0.25) is 0 Å². The molecule has 1 saturated carbocycles. The van der Waals surface area contributed by atoms with Crippen molar-refractivity contribution in [2.75, 3.05) is 0 Å². The van der Waals surface area contributed by atoms with Gasteiger partial charge in [-0.3, -0.25) is 0 Å². The largest absolute Gasteiger partial charge is 0.316 e. The smallest absolute Gasteiger partial charge is 0.147 e. The van der Waals surface area contributed by atoms with Crippen molar-refractivity contribution in [1.82, 2.24) is 14.8 Å². The van der Waals surface area contributed by atoms with E-state index in [1.165, 1.54) is 6.42 Å². The van der Waals surface area contributed by atoms with Crippen LogP contribution >= 0.6 is 11.6 Å². The summed E-state index contributed by atoms with van der Waals surface area (Å²) >= 11 is 5.73. The van der Waals surface area contributed by atoms with Crippen molar-refractivity contribution in [2.24, 2.45) is 11.3 Å². The molecular weight excluding hydrogens is 186 g/mol. The highest BCUT2D eigenvalue weighted by atomic mass is 35.5. The molecule has 0 spiro atoms. The van der Waals surface area contributed by atoms with Gasteiger partial charge in [0, 0.05) is 6.54 Å². The molecule has 1 aromatic heterocycles. The Balaban J connectivity index is 2.03. The van der Waals surface area contributed by atoms with Crippen LogP contribution in [-0.4, -0.2) is 14.8 Å². The van der Waals surface area contributed by atoms with Gasteiger partial charge < -0.3 is 4.57 Å². The van der Waals surface area contributed by atoms with E-state index in [1.54, 1.807) is 6.33 Å². The molecule has 0 bridgehead atoms. The summed E-state index contributed by atoms with van der Waals surface area (Å²) in [5, 5.41) is 7.79. The van der Waals surface area contributed by atoms with Gasteiger partial charge in [-0.2, -0.15) is 0 Å². The summed E-state index contributed by atoms with van der Waals surface area (Å²) in [5.74, 6) is 2.10. The average molecular weight is 200 g/mol. The molecule has 1 aromatic rings. The minimum atomic E-state index is 0.452. The van der Waals surface area contributed by atoms with Gasteiger partial charge >= 0.3 is 0 Å². The first-order valence-electron chi connectivity index (χ1n) is 4.56. The average Bonchev–Trinajstić information content (AvgIpc) is 2.50. The van der Waals surface area contributed by atoms with Crippen LogP contribution in [0.1, 0.15) is 26.1 Å². The third kappa shape index (κ3) is 1.70. The quantitative estimate of drug-likeness (QED) is 0.698. The molecule has 0 radical (unpaired) electrons. The van der Waals surface area contributed by atoms with Crippen molar-refractivity contribution in [2.45, 2.75) is 32.7 Å². The summed E-state index contributed by atoms with van der Waals surface area (Å²) in [6.45, 7) is 5.60. The lowest BCUT2D eigenvalue weighted by molar-refractivity contribution is 0.491. The summed E-state index contributed by atoms with van der Waals surface area (Å²) in [4.78, 5) is 0. The minimum absolute atomic E-state index is 0.452. The van der Waals surface area contributed by atoms with Crippen molar-refractivity contribution >= 4 is 11.6 Å². The maximum absolute atomic E-state index is 5.73. The van der Waals surface area contributed by atoms with Crippen LogP contribution < -0.4 is 0 Å². The van der Waals surface area contributed by atoms with E-state index in [1.807, 2.05) is 0 Å². The molecule has 4 heteroatoms. The van der Waals surface area contributed by atoms with Crippen LogP contribution in [0.3, 0.4) is 0 Å². The lowest BCUT2D eigenvalue weighted by atomic mass is 10.1. The zero-order chi connectivity index (χ0) is 9.47. The summed E-state index contributed by atoms with van der Waals surface area (Å²) in [7, 11) is 0. The predicted molar refractivity (Wildman–Crippen MR) is 51.5 cm³/mol. The third-order valence-corrected chi connectivity index (χ3v) is 3.19. The molecule has 0 aliphatic heterocycles. The molecule has 0 N–H and O–H groups in total. The Morgan fingerprint density at radius 3 is 2.92 bits per heavy atom. The molecule has 72 valence electrons. The third-order valence-electron chi connectivity index (χ3n) is 2.95. The van der Waals surface area contributed by atoms with Crippen LogP contribution in [0, 0.1) is 11.3 Å². The van der Waals surface area contributed by atoms with Crippen molar-refractivity contribution in [3.05, 3.63) is 12.2 Å². The molecule has 0 amide bonds. The normalized spacial score (nSPS) is 24.7. The van der Waals surface area contributed by atoms with E-state index < -0.39 is 0 Å². The van der Waals surface area contributed by atoms with Crippen molar-refractivity contribution in [1.29, 1.82) is 0 Å². The summed E-state index contributed by atoms with van der Waals surface area (Å²) < 4.78 is 2.06. The highest BCUT2D eigenvalue weighted by molar-refractivity contribution is 6.16. The molecule has 1 heterocycles. The number of halogens is 1. The molecule has 1 unspecified atom stereocenters. The van der Waals surface area contributed by atoms with E-state index in [0.717, 1.165) is 18.3 Å². The summed E-state index contributed by atoms with van der Waals surface area (Å²) in [6, 6.07) is 0. The van der Waals surface area contributed by atoms with E-state index >= 15 is 0 Å². The number of hydrogen-bond donors (Lipinski definition) is 0. The molecule has 0 aromatic carbocycles. The zero-order valence-corrected chi connectivity index (χ0v) is 8.75. The van der Waals surface area contributed by atoms with E-state index in [9.17, 15) is 0 Å². The molecule has 1 aliphatic carbocycles. The number of aromatic nitrogens is 3. The topological polar surface area (TPSA) is 30.7 Å². The van der Waals surface area contributed by atoms with Gasteiger partial charge in [0.15, 0.2) is 0 Å². The summed E-state index contributed by atoms with van der Waals surface area (Å²) in [5.41, 5.74) is 0.508. The lowest BCUT2D eigenvalue weighted by Gasteiger charge is -2.05. The molecule has 0 saturated heterocycles. The Bertz CT molecular complexity index is 306. The van der Waals surface area contributed by atoms with Crippen molar-refractivity contribution < 1.29 is 0 Å². The van der Waals surface area contributed by atoms with Crippen LogP contribution in [0.5, 0.6) is 0 Å². The summed E-state index contributed by atoms with van der Waals surface area (Å²) in [6.07, 6.45) is 3.07. The monoisotopic (exact) mass is 199 g/mol. The SMILES string of the molecule is CC1(C)CC1Cn1cnnc1CCl. The Morgan fingerprint density at radius 2 is 2.38 bits per heavy atom. The zero-order valence-electron chi connectivity index (χ0n) is 8.00. The van der Waals surface area contributed by atoms with Crippen LogP contribution in [0.15, 0.2) is 6.33 Å². The van der Waals surface area contributed by atoms with Gasteiger partial charge in [-0.15, -0.1) is 21.8 Å². The Kier molecular flexibility index (Phi) is 2.06. The molecular formula is C9H14ClN3. The molecule has 3 nitrogen and oxygen atoms in total. The Labute approximate surface area is 83.1 Å². The van der Waals surface area contributed by atoms with E-state index in [-0.39, 0.29) is 0 Å². The first-order chi connectivity index (χ1) is 6.13. The number of hydrogen-bond acceptors (Lipinski definition) is 2. The van der Waals surface area contributed by atoms with Gasteiger partial charge in [0.2, 0.25) is 0 Å². The van der Waals surface area contributed by atoms with Gasteiger partial charge in [-0.25, -0.2) is 0 Å². The first kappa shape index (κ1) is 9.00. The van der Waals surface area contributed by atoms with Crippen molar-refractivity contribution in [3.63, 3.8) is 0 Å². The first-order valence-corrected chi connectivity index (χ1v) is 5.09. The Morgan fingerprint density at radius 1 is 1.69 bits per heavy atom. The maximum atomic E-state index is 5.73. The fourth-order valence-corrected chi connectivity index (χ4v) is 1.87. The minimum Gasteiger partial charge on any atom is -0.316 e. The molecule has 13 heavy (non-hydrogen) atoms. The lowest BCUT2D eigenvalue weighted by Crippen LogP contribution is -2.05. The van der Waals surface area contributed by atoms with Crippen LogP contribution in [0.25, 0.3) is 0 Å². The van der Waals surface area contributed by atoms with E-state index in [2.05, 4.69) is 28.6 Å². The van der Waals surface area contributed by atoms with Gasteiger partial charge in [-0.05, 0) is 17.8 Å². The van der Waals surface area contributed by atoms with Gasteiger partial charge in [0.1, 0.15) is 12.2 Å². The van der Waals surface area contributed by atoms with Crippen LogP contribution in [0.4, 0.5) is 0 Å². The second kappa shape index (κ2) is 2.98. The fraction of sp³-hybridized carbons (Fsp3) is 0.778. The van der Waals surface area contributed by atoms with Crippen LogP contribution in [-0.2, 0) is 12.4 Å². The highest BCUT2D eigenvalue weighted by Gasteiger charge is 2.45. The van der Waals surface area contributed by atoms with Gasteiger partial charge in [-0.1, -0.05) is 13.8 Å².